The summed E-state index contributed by atoms with van der Waals surface area (Å²) >= 11 is 0. The number of hydrogen-bond donors (Lipinski definition) is 1. The summed E-state index contributed by atoms with van der Waals surface area (Å²) in [6.45, 7) is 8.64. The fraction of sp³-hybridized carbons (Fsp3) is 0.588. The lowest BCUT2D eigenvalue weighted by molar-refractivity contribution is -0.0600. The highest BCUT2D eigenvalue weighted by atomic mass is 16.3. The Bertz CT molecular complexity index is 853. The number of aromatic nitrogens is 5. The minimum absolute atomic E-state index is 0.124. The predicted octanol–water partition coefficient (Wildman–Crippen LogP) is 2.19. The van der Waals surface area contributed by atoms with E-state index in [1.54, 1.807) is 12.5 Å². The molecule has 0 aliphatic carbocycles. The minimum atomic E-state index is -0.824. The molecule has 7 nitrogen and oxygen atoms in total. The van der Waals surface area contributed by atoms with E-state index < -0.39 is 5.60 Å². The average molecular weight is 330 g/mol. The summed E-state index contributed by atoms with van der Waals surface area (Å²) < 4.78 is 3.87. The van der Waals surface area contributed by atoms with Gasteiger partial charge in [0.2, 0.25) is 5.78 Å². The highest BCUT2D eigenvalue weighted by Gasteiger charge is 2.35. The normalized spacial score (nSPS) is 12.9. The zero-order chi connectivity index (χ0) is 17.6. The number of fused-ring (bicyclic) bond motifs is 2. The van der Waals surface area contributed by atoms with Crippen LogP contribution < -0.4 is 4.90 Å². The van der Waals surface area contributed by atoms with Crippen LogP contribution in [-0.2, 0) is 6.54 Å². The second kappa shape index (κ2) is 5.73. The topological polar surface area (TPSA) is 71.5 Å². The van der Waals surface area contributed by atoms with Gasteiger partial charge in [-0.05, 0) is 11.8 Å². The molecule has 0 amide bonds. The van der Waals surface area contributed by atoms with Crippen molar-refractivity contribution in [3.05, 3.63) is 18.7 Å². The van der Waals surface area contributed by atoms with Crippen molar-refractivity contribution in [2.24, 2.45) is 11.8 Å². The number of rotatable bonds is 5. The van der Waals surface area contributed by atoms with Gasteiger partial charge in [0.05, 0.1) is 18.5 Å². The molecule has 3 heterocycles. The smallest absolute Gasteiger partial charge is 0.237 e. The van der Waals surface area contributed by atoms with Crippen LogP contribution >= 0.6 is 0 Å². The quantitative estimate of drug-likeness (QED) is 0.776. The van der Waals surface area contributed by atoms with Crippen molar-refractivity contribution in [2.45, 2.75) is 39.8 Å². The van der Waals surface area contributed by atoms with Crippen molar-refractivity contribution >= 4 is 22.8 Å². The minimum Gasteiger partial charge on any atom is -0.387 e. The van der Waals surface area contributed by atoms with Crippen molar-refractivity contribution in [1.82, 2.24) is 23.9 Å². The molecule has 130 valence electrons. The molecule has 0 radical (unpaired) electrons. The fourth-order valence-electron chi connectivity index (χ4n) is 3.25. The van der Waals surface area contributed by atoms with Gasteiger partial charge in [0.15, 0.2) is 5.65 Å². The van der Waals surface area contributed by atoms with Gasteiger partial charge in [-0.1, -0.05) is 27.7 Å². The maximum absolute atomic E-state index is 11.1. The Hall–Kier alpha value is -2.15. The first-order chi connectivity index (χ1) is 11.3. The molecule has 0 aliphatic rings. The van der Waals surface area contributed by atoms with E-state index in [1.807, 2.05) is 61.9 Å². The molecule has 1 N–H and O–H groups in total. The summed E-state index contributed by atoms with van der Waals surface area (Å²) in [7, 11) is 3.96. The Morgan fingerprint density at radius 2 is 1.83 bits per heavy atom. The SMILES string of the molecule is CC(C)C(O)(Cn1cnc2c(N(C)C)n3ccnc3nc21)C(C)C. The maximum atomic E-state index is 11.1. The third-order valence-corrected chi connectivity index (χ3v) is 4.92. The lowest BCUT2D eigenvalue weighted by Crippen LogP contribution is -2.44. The van der Waals surface area contributed by atoms with Gasteiger partial charge in [0.25, 0.3) is 0 Å². The summed E-state index contributed by atoms with van der Waals surface area (Å²) in [6, 6.07) is 0. The molecule has 0 unspecified atom stereocenters. The van der Waals surface area contributed by atoms with Crippen molar-refractivity contribution in [3.63, 3.8) is 0 Å². The van der Waals surface area contributed by atoms with Gasteiger partial charge in [-0.3, -0.25) is 4.40 Å². The van der Waals surface area contributed by atoms with Crippen LogP contribution in [0.5, 0.6) is 0 Å². The zero-order valence-electron chi connectivity index (χ0n) is 15.2. The number of imidazole rings is 2. The van der Waals surface area contributed by atoms with Gasteiger partial charge in [0, 0.05) is 26.5 Å². The van der Waals surface area contributed by atoms with E-state index in [2.05, 4.69) is 15.0 Å². The summed E-state index contributed by atoms with van der Waals surface area (Å²) in [5, 5.41) is 11.1. The van der Waals surface area contributed by atoms with E-state index in [0.29, 0.717) is 12.3 Å². The monoisotopic (exact) mass is 330 g/mol. The lowest BCUT2D eigenvalue weighted by atomic mass is 9.80. The number of nitrogens with zero attached hydrogens (tertiary/aromatic N) is 6. The zero-order valence-corrected chi connectivity index (χ0v) is 15.2. The molecule has 0 bridgehead atoms. The summed E-state index contributed by atoms with van der Waals surface area (Å²) in [5.41, 5.74) is 0.729. The Balaban J connectivity index is 2.19. The highest BCUT2D eigenvalue weighted by Crippen LogP contribution is 2.30. The average Bonchev–Trinajstić information content (AvgIpc) is 3.11. The van der Waals surface area contributed by atoms with Crippen LogP contribution in [0.2, 0.25) is 0 Å². The molecule has 0 saturated carbocycles. The second-order valence-corrected chi connectivity index (χ2v) is 7.27. The van der Waals surface area contributed by atoms with Gasteiger partial charge >= 0.3 is 0 Å². The van der Waals surface area contributed by atoms with Gasteiger partial charge < -0.3 is 14.6 Å². The van der Waals surface area contributed by atoms with Crippen molar-refractivity contribution < 1.29 is 5.11 Å². The first-order valence-electron chi connectivity index (χ1n) is 8.33. The molecule has 3 aromatic heterocycles. The van der Waals surface area contributed by atoms with Crippen LogP contribution in [0.3, 0.4) is 0 Å². The van der Waals surface area contributed by atoms with Crippen LogP contribution in [0.25, 0.3) is 16.9 Å². The van der Waals surface area contributed by atoms with Gasteiger partial charge in [-0.2, -0.15) is 4.98 Å². The van der Waals surface area contributed by atoms with E-state index >= 15 is 0 Å². The van der Waals surface area contributed by atoms with E-state index in [9.17, 15) is 5.11 Å². The lowest BCUT2D eigenvalue weighted by Gasteiger charge is -2.36. The fourth-order valence-corrected chi connectivity index (χ4v) is 3.25. The second-order valence-electron chi connectivity index (χ2n) is 7.27. The number of hydrogen-bond acceptors (Lipinski definition) is 5. The molecular formula is C17H26N6O. The summed E-state index contributed by atoms with van der Waals surface area (Å²) in [5.74, 6) is 1.81. The molecule has 0 atom stereocenters. The molecule has 24 heavy (non-hydrogen) atoms. The predicted molar refractivity (Wildman–Crippen MR) is 95.2 cm³/mol. The van der Waals surface area contributed by atoms with Crippen LogP contribution in [0, 0.1) is 11.8 Å². The first kappa shape index (κ1) is 16.7. The molecule has 0 saturated heterocycles. The van der Waals surface area contributed by atoms with Gasteiger partial charge in [-0.15, -0.1) is 0 Å². The third-order valence-electron chi connectivity index (χ3n) is 4.92. The molecule has 0 aromatic carbocycles. The maximum Gasteiger partial charge on any atom is 0.237 e. The molecule has 0 spiro atoms. The molecular weight excluding hydrogens is 304 g/mol. The standard InChI is InChI=1S/C17H26N6O/c1-11(2)17(24,12(3)4)9-22-10-19-13-14(22)20-16-18-7-8-23(16)15(13)21(5)6/h7-8,10-12,24H,9H2,1-6H3. The third kappa shape index (κ3) is 2.43. The van der Waals surface area contributed by atoms with E-state index in [1.165, 1.54) is 0 Å². The summed E-state index contributed by atoms with van der Waals surface area (Å²) in [6.07, 6.45) is 5.38. The molecule has 0 aliphatic heterocycles. The molecule has 3 rings (SSSR count). The van der Waals surface area contributed by atoms with Crippen LogP contribution in [0.4, 0.5) is 5.82 Å². The highest BCUT2D eigenvalue weighted by molar-refractivity contribution is 5.85. The Morgan fingerprint density at radius 3 is 2.42 bits per heavy atom. The van der Waals surface area contributed by atoms with Gasteiger partial charge in [0.1, 0.15) is 11.3 Å². The molecule has 3 aromatic rings. The number of aliphatic hydroxyl groups is 1. The van der Waals surface area contributed by atoms with E-state index in [0.717, 1.165) is 17.0 Å². The van der Waals surface area contributed by atoms with Crippen LogP contribution in [0.1, 0.15) is 27.7 Å². The Kier molecular flexibility index (Phi) is 3.99. The van der Waals surface area contributed by atoms with E-state index in [-0.39, 0.29) is 11.8 Å². The van der Waals surface area contributed by atoms with Crippen molar-refractivity contribution in [2.75, 3.05) is 19.0 Å². The van der Waals surface area contributed by atoms with Gasteiger partial charge in [-0.25, -0.2) is 9.97 Å². The Morgan fingerprint density at radius 1 is 1.17 bits per heavy atom. The summed E-state index contributed by atoms with van der Waals surface area (Å²) in [4.78, 5) is 15.6. The molecule has 7 heteroatoms. The van der Waals surface area contributed by atoms with Crippen LogP contribution in [-0.4, -0.2) is 48.7 Å². The van der Waals surface area contributed by atoms with Crippen molar-refractivity contribution in [3.8, 4) is 0 Å². The first-order valence-corrected chi connectivity index (χ1v) is 8.33. The number of anilines is 1. The van der Waals surface area contributed by atoms with Crippen LogP contribution in [0.15, 0.2) is 18.7 Å². The molecule has 0 fully saturated rings. The Labute approximate surface area is 142 Å². The van der Waals surface area contributed by atoms with E-state index in [4.69, 9.17) is 0 Å². The largest absolute Gasteiger partial charge is 0.387 e. The van der Waals surface area contributed by atoms with Crippen molar-refractivity contribution in [1.29, 1.82) is 0 Å².